The van der Waals surface area contributed by atoms with Gasteiger partial charge in [0, 0.05) is 32.6 Å². The zero-order chi connectivity index (χ0) is 24.0. The molecule has 0 bridgehead atoms. The molecule has 0 fully saturated rings. The van der Waals surface area contributed by atoms with E-state index in [1.165, 1.54) is 28.0 Å². The van der Waals surface area contributed by atoms with Crippen molar-refractivity contribution in [2.24, 2.45) is 0 Å². The Morgan fingerprint density at radius 1 is 1.27 bits per heavy atom. The van der Waals surface area contributed by atoms with Gasteiger partial charge in [-0.2, -0.15) is 0 Å². The predicted molar refractivity (Wildman–Crippen MR) is 127 cm³/mol. The van der Waals surface area contributed by atoms with E-state index in [2.05, 4.69) is 5.10 Å². The fourth-order valence-corrected chi connectivity index (χ4v) is 4.71. The molecule has 1 N–H and O–H groups in total. The first-order valence-corrected chi connectivity index (χ1v) is 11.9. The molecule has 7 nitrogen and oxygen atoms in total. The van der Waals surface area contributed by atoms with Crippen LogP contribution in [-0.2, 0) is 22.6 Å². The van der Waals surface area contributed by atoms with E-state index in [4.69, 9.17) is 27.9 Å². The number of ketones is 1. The maximum absolute atomic E-state index is 14.4. The average Bonchev–Trinajstić information content (AvgIpc) is 3.35. The summed E-state index contributed by atoms with van der Waals surface area (Å²) in [6.07, 6.45) is 1.29. The van der Waals surface area contributed by atoms with Crippen LogP contribution < -0.4 is 5.69 Å². The Morgan fingerprint density at radius 2 is 2.06 bits per heavy atom. The molecule has 3 aromatic rings. The second kappa shape index (κ2) is 11.9. The van der Waals surface area contributed by atoms with Crippen molar-refractivity contribution in [1.82, 2.24) is 14.3 Å². The molecule has 178 valence electrons. The number of ether oxygens (including phenoxy) is 1. The van der Waals surface area contributed by atoms with Gasteiger partial charge < -0.3 is 9.84 Å². The van der Waals surface area contributed by atoms with Crippen molar-refractivity contribution in [2.75, 3.05) is 20.3 Å². The van der Waals surface area contributed by atoms with Gasteiger partial charge in [0.25, 0.3) is 0 Å². The number of benzene rings is 1. The van der Waals surface area contributed by atoms with Gasteiger partial charge in [-0.1, -0.05) is 35.3 Å². The zero-order valence-corrected chi connectivity index (χ0v) is 20.3. The maximum Gasteiger partial charge on any atom is 0.346 e. The molecule has 3 rings (SSSR count). The summed E-state index contributed by atoms with van der Waals surface area (Å²) in [5.74, 6) is -1.38. The zero-order valence-electron chi connectivity index (χ0n) is 18.0. The van der Waals surface area contributed by atoms with Crippen LogP contribution in [0.5, 0.6) is 0 Å². The number of carbonyl (C=O) groups is 1. The third-order valence-corrected chi connectivity index (χ3v) is 6.66. The van der Waals surface area contributed by atoms with Gasteiger partial charge in [-0.15, -0.1) is 16.4 Å². The standard InChI is InChI=1S/C22H24Cl2FN3O4S/c1-32-10-3-2-9-27-21(18-7-8-19(24)33-18)26-28(22(27)31)12-15(30)11-14(13-29)16-5-4-6-17(23)20(16)25/h4-8,14,29H,2-3,9-13H2,1H3. The molecule has 1 atom stereocenters. The molecule has 0 saturated heterocycles. The molecule has 1 aromatic carbocycles. The van der Waals surface area contributed by atoms with E-state index >= 15 is 0 Å². The van der Waals surface area contributed by atoms with Crippen LogP contribution in [0.25, 0.3) is 10.7 Å². The predicted octanol–water partition coefficient (Wildman–Crippen LogP) is 4.38. The van der Waals surface area contributed by atoms with Crippen molar-refractivity contribution in [3.05, 3.63) is 61.6 Å². The van der Waals surface area contributed by atoms with Crippen LogP contribution in [0.3, 0.4) is 0 Å². The summed E-state index contributed by atoms with van der Waals surface area (Å²) in [5, 5.41) is 14.0. The van der Waals surface area contributed by atoms with Crippen molar-refractivity contribution in [2.45, 2.75) is 38.3 Å². The van der Waals surface area contributed by atoms with Crippen molar-refractivity contribution < 1.29 is 19.0 Å². The maximum atomic E-state index is 14.4. The minimum Gasteiger partial charge on any atom is -0.396 e. The summed E-state index contributed by atoms with van der Waals surface area (Å²) < 4.78 is 22.6. The number of methoxy groups -OCH3 is 1. The van der Waals surface area contributed by atoms with E-state index in [-0.39, 0.29) is 29.3 Å². The lowest BCUT2D eigenvalue weighted by atomic mass is 9.94. The van der Waals surface area contributed by atoms with Crippen LogP contribution in [0.4, 0.5) is 4.39 Å². The highest BCUT2D eigenvalue weighted by molar-refractivity contribution is 7.19. The molecule has 33 heavy (non-hydrogen) atoms. The molecule has 0 amide bonds. The minimum absolute atomic E-state index is 0.0823. The van der Waals surface area contributed by atoms with Crippen molar-refractivity contribution in [3.63, 3.8) is 0 Å². The number of halogens is 3. The largest absolute Gasteiger partial charge is 0.396 e. The third kappa shape index (κ3) is 6.30. The van der Waals surface area contributed by atoms with Gasteiger partial charge in [0.2, 0.25) is 0 Å². The molecular weight excluding hydrogens is 492 g/mol. The number of aliphatic hydroxyl groups excluding tert-OH is 1. The summed E-state index contributed by atoms with van der Waals surface area (Å²) in [7, 11) is 1.61. The number of thiophene rings is 1. The highest BCUT2D eigenvalue weighted by Gasteiger charge is 2.23. The number of Topliss-reactive ketones (excluding diaryl/α,β-unsaturated/α-hetero) is 1. The molecule has 11 heteroatoms. The van der Waals surface area contributed by atoms with Crippen LogP contribution in [0.15, 0.2) is 35.1 Å². The Morgan fingerprint density at radius 3 is 2.73 bits per heavy atom. The summed E-state index contributed by atoms with van der Waals surface area (Å²) >= 11 is 13.2. The number of rotatable bonds is 12. The highest BCUT2D eigenvalue weighted by Crippen LogP contribution is 2.30. The lowest BCUT2D eigenvalue weighted by Crippen LogP contribution is -2.29. The SMILES string of the molecule is COCCCCn1c(-c2ccc(Cl)s2)nn(CC(=O)CC(CO)c2cccc(Cl)c2F)c1=O. The lowest BCUT2D eigenvalue weighted by Gasteiger charge is -2.15. The Kier molecular flexibility index (Phi) is 9.22. The van der Waals surface area contributed by atoms with E-state index in [1.807, 2.05) is 0 Å². The summed E-state index contributed by atoms with van der Waals surface area (Å²) in [5.41, 5.74) is -0.266. The van der Waals surface area contributed by atoms with Crippen LogP contribution in [0.2, 0.25) is 9.36 Å². The molecule has 2 aromatic heterocycles. The number of aromatic nitrogens is 3. The van der Waals surface area contributed by atoms with Gasteiger partial charge in [-0.05, 0) is 36.6 Å². The lowest BCUT2D eigenvalue weighted by molar-refractivity contribution is -0.120. The fourth-order valence-electron chi connectivity index (χ4n) is 3.49. The van der Waals surface area contributed by atoms with Crippen molar-refractivity contribution in [1.29, 1.82) is 0 Å². The van der Waals surface area contributed by atoms with Crippen LogP contribution in [-0.4, -0.2) is 45.6 Å². The summed E-state index contributed by atoms with van der Waals surface area (Å²) in [6.45, 7) is 0.248. The molecule has 0 saturated carbocycles. The van der Waals surface area contributed by atoms with Crippen LogP contribution in [0.1, 0.15) is 30.7 Å². The summed E-state index contributed by atoms with van der Waals surface area (Å²) in [4.78, 5) is 26.5. The monoisotopic (exact) mass is 515 g/mol. The molecule has 0 aliphatic rings. The van der Waals surface area contributed by atoms with E-state index in [1.54, 1.807) is 25.3 Å². The number of nitrogens with zero attached hydrogens (tertiary/aromatic N) is 3. The highest BCUT2D eigenvalue weighted by atomic mass is 35.5. The molecule has 1 unspecified atom stereocenters. The first-order chi connectivity index (χ1) is 15.8. The molecule has 0 radical (unpaired) electrons. The molecular formula is C22H24Cl2FN3O4S. The Bertz CT molecular complexity index is 1160. The number of unbranched alkanes of at least 4 members (excludes halogenated alkanes) is 1. The van der Waals surface area contributed by atoms with Crippen molar-refractivity contribution >= 4 is 40.3 Å². The first kappa shape index (κ1) is 25.6. The van der Waals surface area contributed by atoms with Crippen molar-refractivity contribution in [3.8, 4) is 10.7 Å². The molecule has 0 aliphatic heterocycles. The van der Waals surface area contributed by atoms with Gasteiger partial charge in [-0.25, -0.2) is 13.9 Å². The minimum atomic E-state index is -0.779. The number of carbonyl (C=O) groups excluding carboxylic acids is 1. The number of hydrogen-bond acceptors (Lipinski definition) is 6. The van der Waals surface area contributed by atoms with Gasteiger partial charge >= 0.3 is 5.69 Å². The van der Waals surface area contributed by atoms with E-state index in [0.717, 1.165) is 11.1 Å². The van der Waals surface area contributed by atoms with Gasteiger partial charge in [0.05, 0.1) is 20.8 Å². The quantitative estimate of drug-likeness (QED) is 0.361. The second-order valence-corrected chi connectivity index (χ2v) is 9.61. The van der Waals surface area contributed by atoms with Gasteiger partial charge in [0.15, 0.2) is 11.6 Å². The van der Waals surface area contributed by atoms with E-state index < -0.39 is 24.0 Å². The Hall–Kier alpha value is -2.04. The van der Waals surface area contributed by atoms with Crippen LogP contribution >= 0.6 is 34.5 Å². The number of aliphatic hydroxyl groups is 1. The van der Waals surface area contributed by atoms with E-state index in [9.17, 15) is 19.1 Å². The smallest absolute Gasteiger partial charge is 0.346 e. The Balaban J connectivity index is 1.81. The Labute approximate surface area is 204 Å². The fraction of sp³-hybridized carbons (Fsp3) is 0.409. The van der Waals surface area contributed by atoms with Crippen LogP contribution in [0, 0.1) is 5.82 Å². The third-order valence-electron chi connectivity index (χ3n) is 5.14. The first-order valence-electron chi connectivity index (χ1n) is 10.3. The molecule has 0 aliphatic carbocycles. The molecule has 0 spiro atoms. The summed E-state index contributed by atoms with van der Waals surface area (Å²) in [6, 6.07) is 7.93. The molecule has 2 heterocycles. The number of hydrogen-bond donors (Lipinski definition) is 1. The second-order valence-electron chi connectivity index (χ2n) is 7.48. The average molecular weight is 516 g/mol. The van der Waals surface area contributed by atoms with Gasteiger partial charge in [-0.3, -0.25) is 9.36 Å². The van der Waals surface area contributed by atoms with Gasteiger partial charge in [0.1, 0.15) is 12.4 Å². The topological polar surface area (TPSA) is 86.3 Å². The normalized spacial score (nSPS) is 12.3. The van der Waals surface area contributed by atoms with E-state index in [0.29, 0.717) is 34.6 Å².